The summed E-state index contributed by atoms with van der Waals surface area (Å²) in [6.07, 6.45) is 2.28. The lowest BCUT2D eigenvalue weighted by atomic mass is 10.1. The van der Waals surface area contributed by atoms with Gasteiger partial charge in [0, 0.05) is 23.7 Å². The van der Waals surface area contributed by atoms with Crippen molar-refractivity contribution in [1.82, 2.24) is 0 Å². The molecule has 7 heteroatoms. The Morgan fingerprint density at radius 2 is 1.63 bits per heavy atom. The first-order valence-corrected chi connectivity index (χ1v) is 9.11. The van der Waals surface area contributed by atoms with Crippen LogP contribution in [0.25, 0.3) is 0 Å². The number of anilines is 2. The summed E-state index contributed by atoms with van der Waals surface area (Å²) in [4.78, 5) is 15.2. The maximum Gasteiger partial charge on any atom is 0.255 e. The number of nitrogens with one attached hydrogen (secondary N) is 1. The molecule has 0 atom stereocenters. The second-order valence-electron chi connectivity index (χ2n) is 6.22. The Hall–Kier alpha value is -2.60. The number of rotatable bonds is 6. The van der Waals surface area contributed by atoms with Crippen LogP contribution in [0.2, 0.25) is 5.02 Å². The number of hydrogen-bond donors (Lipinski definition) is 1. The smallest absolute Gasteiger partial charge is 0.255 e. The highest BCUT2D eigenvalue weighted by molar-refractivity contribution is 6.31. The van der Waals surface area contributed by atoms with Gasteiger partial charge in [-0.05, 0) is 43.2 Å². The number of carbonyl (C=O) groups is 1. The number of halogens is 1. The molecule has 1 aliphatic rings. The van der Waals surface area contributed by atoms with Crippen molar-refractivity contribution < 1.29 is 19.0 Å². The monoisotopic (exact) mass is 390 g/mol. The van der Waals surface area contributed by atoms with Crippen LogP contribution in [0.15, 0.2) is 30.3 Å². The summed E-state index contributed by atoms with van der Waals surface area (Å²) in [5, 5.41) is 3.54. The molecule has 0 radical (unpaired) electrons. The average molecular weight is 391 g/mol. The van der Waals surface area contributed by atoms with Crippen LogP contribution in [0, 0.1) is 0 Å². The predicted octanol–water partition coefficient (Wildman–Crippen LogP) is 4.22. The Labute approximate surface area is 164 Å². The Bertz CT molecular complexity index is 810. The number of methoxy groups -OCH3 is 3. The molecule has 3 rings (SSSR count). The molecule has 0 unspecified atom stereocenters. The number of ether oxygens (including phenoxy) is 3. The number of amides is 1. The number of hydrogen-bond acceptors (Lipinski definition) is 5. The molecule has 0 spiro atoms. The average Bonchev–Trinajstić information content (AvgIpc) is 3.21. The van der Waals surface area contributed by atoms with Crippen molar-refractivity contribution in [2.24, 2.45) is 0 Å². The molecule has 1 heterocycles. The van der Waals surface area contributed by atoms with Crippen LogP contribution in [0.5, 0.6) is 17.2 Å². The molecule has 1 N–H and O–H groups in total. The van der Waals surface area contributed by atoms with E-state index in [1.54, 1.807) is 18.2 Å². The zero-order valence-corrected chi connectivity index (χ0v) is 16.4. The van der Waals surface area contributed by atoms with Crippen LogP contribution in [0.1, 0.15) is 23.2 Å². The van der Waals surface area contributed by atoms with Crippen LogP contribution in [0.4, 0.5) is 11.4 Å². The standard InChI is InChI=1S/C20H23ClN2O4/c1-25-17-10-13(11-18(26-2)19(17)27-3)20(24)22-15-12-14(21)6-7-16(15)23-8-4-5-9-23/h6-7,10-12H,4-5,8-9H2,1-3H3,(H,22,24). The van der Waals surface area contributed by atoms with E-state index in [1.807, 2.05) is 12.1 Å². The van der Waals surface area contributed by atoms with Crippen LogP contribution >= 0.6 is 11.6 Å². The molecule has 2 aromatic rings. The van der Waals surface area contributed by atoms with Crippen molar-refractivity contribution in [2.45, 2.75) is 12.8 Å². The summed E-state index contributed by atoms with van der Waals surface area (Å²) in [6, 6.07) is 8.79. The Morgan fingerprint density at radius 3 is 2.19 bits per heavy atom. The summed E-state index contributed by atoms with van der Waals surface area (Å²) < 4.78 is 16.0. The van der Waals surface area contributed by atoms with E-state index in [2.05, 4.69) is 10.2 Å². The maximum absolute atomic E-state index is 12.9. The molecular weight excluding hydrogens is 368 g/mol. The lowest BCUT2D eigenvalue weighted by Gasteiger charge is -2.22. The molecule has 144 valence electrons. The van der Waals surface area contributed by atoms with Gasteiger partial charge in [-0.2, -0.15) is 0 Å². The quantitative estimate of drug-likeness (QED) is 0.800. The third-order valence-corrected chi connectivity index (χ3v) is 4.82. The predicted molar refractivity (Wildman–Crippen MR) is 107 cm³/mol. The fourth-order valence-corrected chi connectivity index (χ4v) is 3.42. The van der Waals surface area contributed by atoms with E-state index in [0.717, 1.165) is 31.6 Å². The largest absolute Gasteiger partial charge is 0.493 e. The third kappa shape index (κ3) is 4.06. The zero-order chi connectivity index (χ0) is 19.4. The molecule has 2 aromatic carbocycles. The highest BCUT2D eigenvalue weighted by Crippen LogP contribution is 2.39. The van der Waals surface area contributed by atoms with Crippen molar-refractivity contribution in [3.8, 4) is 17.2 Å². The van der Waals surface area contributed by atoms with Gasteiger partial charge in [-0.25, -0.2) is 0 Å². The second-order valence-corrected chi connectivity index (χ2v) is 6.66. The van der Waals surface area contributed by atoms with Gasteiger partial charge in [0.25, 0.3) is 5.91 Å². The Balaban J connectivity index is 1.93. The van der Waals surface area contributed by atoms with E-state index in [-0.39, 0.29) is 5.91 Å². The van der Waals surface area contributed by atoms with E-state index in [9.17, 15) is 4.79 Å². The van der Waals surface area contributed by atoms with Gasteiger partial charge in [-0.3, -0.25) is 4.79 Å². The van der Waals surface area contributed by atoms with Gasteiger partial charge in [-0.15, -0.1) is 0 Å². The normalized spacial score (nSPS) is 13.4. The van der Waals surface area contributed by atoms with Gasteiger partial charge < -0.3 is 24.4 Å². The fourth-order valence-electron chi connectivity index (χ4n) is 3.25. The van der Waals surface area contributed by atoms with Gasteiger partial charge in [0.2, 0.25) is 5.75 Å². The summed E-state index contributed by atoms with van der Waals surface area (Å²) in [6.45, 7) is 1.93. The van der Waals surface area contributed by atoms with Crippen LogP contribution in [-0.2, 0) is 0 Å². The van der Waals surface area contributed by atoms with E-state index in [0.29, 0.717) is 33.5 Å². The molecule has 0 saturated carbocycles. The second kappa shape index (κ2) is 8.39. The van der Waals surface area contributed by atoms with Gasteiger partial charge in [0.15, 0.2) is 11.5 Å². The SMILES string of the molecule is COc1cc(C(=O)Nc2cc(Cl)ccc2N2CCCC2)cc(OC)c1OC. The summed E-state index contributed by atoms with van der Waals surface area (Å²) >= 11 is 6.16. The van der Waals surface area contributed by atoms with E-state index >= 15 is 0 Å². The molecular formula is C20H23ClN2O4. The molecule has 0 aromatic heterocycles. The van der Waals surface area contributed by atoms with Crippen molar-refractivity contribution in [3.05, 3.63) is 40.9 Å². The van der Waals surface area contributed by atoms with Gasteiger partial charge in [0.05, 0.1) is 32.7 Å². The van der Waals surface area contributed by atoms with Crippen molar-refractivity contribution in [3.63, 3.8) is 0 Å². The fraction of sp³-hybridized carbons (Fsp3) is 0.350. The molecule has 1 saturated heterocycles. The van der Waals surface area contributed by atoms with E-state index in [1.165, 1.54) is 21.3 Å². The van der Waals surface area contributed by atoms with Crippen LogP contribution < -0.4 is 24.4 Å². The van der Waals surface area contributed by atoms with Crippen LogP contribution in [-0.4, -0.2) is 40.3 Å². The first-order chi connectivity index (χ1) is 13.1. The third-order valence-electron chi connectivity index (χ3n) is 4.58. The van der Waals surface area contributed by atoms with E-state index in [4.69, 9.17) is 25.8 Å². The topological polar surface area (TPSA) is 60.0 Å². The van der Waals surface area contributed by atoms with Crippen molar-refractivity contribution >= 4 is 28.9 Å². The van der Waals surface area contributed by atoms with Crippen molar-refractivity contribution in [2.75, 3.05) is 44.6 Å². The van der Waals surface area contributed by atoms with Crippen LogP contribution in [0.3, 0.4) is 0 Å². The summed E-state index contributed by atoms with van der Waals surface area (Å²) in [5.74, 6) is 1.01. The molecule has 1 amide bonds. The molecule has 1 fully saturated rings. The minimum absolute atomic E-state index is 0.281. The number of nitrogens with zero attached hydrogens (tertiary/aromatic N) is 1. The number of benzene rings is 2. The maximum atomic E-state index is 12.9. The minimum Gasteiger partial charge on any atom is -0.493 e. The summed E-state index contributed by atoms with van der Waals surface area (Å²) in [5.41, 5.74) is 2.05. The van der Waals surface area contributed by atoms with Gasteiger partial charge in [-0.1, -0.05) is 11.6 Å². The Morgan fingerprint density at radius 1 is 1.00 bits per heavy atom. The highest BCUT2D eigenvalue weighted by Gasteiger charge is 2.20. The zero-order valence-electron chi connectivity index (χ0n) is 15.7. The molecule has 0 aliphatic carbocycles. The highest BCUT2D eigenvalue weighted by atomic mass is 35.5. The molecule has 6 nitrogen and oxygen atoms in total. The van der Waals surface area contributed by atoms with Gasteiger partial charge in [0.1, 0.15) is 0 Å². The summed E-state index contributed by atoms with van der Waals surface area (Å²) in [7, 11) is 4.55. The number of carbonyl (C=O) groups excluding carboxylic acids is 1. The minimum atomic E-state index is -0.281. The molecule has 0 bridgehead atoms. The molecule has 27 heavy (non-hydrogen) atoms. The lowest BCUT2D eigenvalue weighted by molar-refractivity contribution is 0.102. The first-order valence-electron chi connectivity index (χ1n) is 8.73. The van der Waals surface area contributed by atoms with Gasteiger partial charge >= 0.3 is 0 Å². The molecule has 1 aliphatic heterocycles. The van der Waals surface area contributed by atoms with Crippen molar-refractivity contribution in [1.29, 1.82) is 0 Å². The van der Waals surface area contributed by atoms with E-state index < -0.39 is 0 Å². The first kappa shape index (κ1) is 19.2. The lowest BCUT2D eigenvalue weighted by Crippen LogP contribution is -2.21. The Kier molecular flexibility index (Phi) is 5.96.